The van der Waals surface area contributed by atoms with Crippen LogP contribution in [0.2, 0.25) is 0 Å². The van der Waals surface area contributed by atoms with E-state index in [2.05, 4.69) is 5.32 Å². The number of esters is 1. The summed E-state index contributed by atoms with van der Waals surface area (Å²) in [5.74, 6) is 0.145. The van der Waals surface area contributed by atoms with E-state index in [4.69, 9.17) is 9.47 Å². The highest BCUT2D eigenvalue weighted by Gasteiger charge is 2.18. The van der Waals surface area contributed by atoms with Crippen LogP contribution in [0.25, 0.3) is 0 Å². The molecule has 0 aliphatic carbocycles. The molecular formula is C20H23NO4S. The quantitative estimate of drug-likeness (QED) is 0.564. The van der Waals surface area contributed by atoms with Crippen LogP contribution in [0.5, 0.6) is 5.75 Å². The molecule has 0 saturated heterocycles. The van der Waals surface area contributed by atoms with Crippen LogP contribution in [-0.4, -0.2) is 25.2 Å². The van der Waals surface area contributed by atoms with E-state index >= 15 is 0 Å². The lowest BCUT2D eigenvalue weighted by atomic mass is 10.0. The summed E-state index contributed by atoms with van der Waals surface area (Å²) in [5, 5.41) is 2.79. The first-order valence-corrected chi connectivity index (χ1v) is 9.44. The van der Waals surface area contributed by atoms with Crippen molar-refractivity contribution in [3.8, 4) is 5.75 Å². The second-order valence-corrected chi connectivity index (χ2v) is 6.62. The first-order valence-electron chi connectivity index (χ1n) is 8.21. The van der Waals surface area contributed by atoms with E-state index in [-0.39, 0.29) is 24.9 Å². The molecule has 0 aromatic heterocycles. The van der Waals surface area contributed by atoms with Gasteiger partial charge in [-0.3, -0.25) is 9.59 Å². The summed E-state index contributed by atoms with van der Waals surface area (Å²) in [7, 11) is 1.59. The number of rotatable bonds is 8. The molecule has 0 fully saturated rings. The van der Waals surface area contributed by atoms with Gasteiger partial charge in [0.1, 0.15) is 12.4 Å². The molecule has 2 aromatic rings. The maximum atomic E-state index is 12.2. The van der Waals surface area contributed by atoms with Crippen LogP contribution in [-0.2, 0) is 20.9 Å². The summed E-state index contributed by atoms with van der Waals surface area (Å²) < 4.78 is 10.5. The molecule has 1 unspecified atom stereocenters. The van der Waals surface area contributed by atoms with Crippen molar-refractivity contribution in [1.82, 2.24) is 5.32 Å². The highest BCUT2D eigenvalue weighted by molar-refractivity contribution is 7.98. The number of amides is 1. The zero-order chi connectivity index (χ0) is 18.9. The molecule has 5 nitrogen and oxygen atoms in total. The van der Waals surface area contributed by atoms with Crippen LogP contribution in [0, 0.1) is 0 Å². The Morgan fingerprint density at radius 1 is 1.08 bits per heavy atom. The minimum atomic E-state index is -0.440. The van der Waals surface area contributed by atoms with Crippen LogP contribution in [0.1, 0.15) is 30.5 Å². The van der Waals surface area contributed by atoms with E-state index in [0.29, 0.717) is 5.75 Å². The number of carbonyl (C=O) groups is 2. The Morgan fingerprint density at radius 3 is 2.27 bits per heavy atom. The molecule has 2 rings (SSSR count). The molecule has 0 aliphatic rings. The van der Waals surface area contributed by atoms with Gasteiger partial charge in [0.05, 0.1) is 19.6 Å². The van der Waals surface area contributed by atoms with E-state index < -0.39 is 6.04 Å². The van der Waals surface area contributed by atoms with Gasteiger partial charge in [0.15, 0.2) is 0 Å². The monoisotopic (exact) mass is 373 g/mol. The minimum absolute atomic E-state index is 0.0643. The van der Waals surface area contributed by atoms with E-state index in [1.165, 1.54) is 6.92 Å². The van der Waals surface area contributed by atoms with Gasteiger partial charge in [-0.2, -0.15) is 0 Å². The van der Waals surface area contributed by atoms with Crippen molar-refractivity contribution in [2.24, 2.45) is 0 Å². The van der Waals surface area contributed by atoms with Gasteiger partial charge in [0, 0.05) is 11.8 Å². The van der Waals surface area contributed by atoms with Crippen molar-refractivity contribution in [2.75, 3.05) is 13.4 Å². The smallest absolute Gasteiger partial charge is 0.308 e. The molecule has 0 spiro atoms. The number of thioether (sulfide) groups is 1. The molecule has 2 aromatic carbocycles. The van der Waals surface area contributed by atoms with Gasteiger partial charge in [-0.05, 0) is 41.6 Å². The summed E-state index contributed by atoms with van der Waals surface area (Å²) in [6.07, 6.45) is 2.07. The normalized spacial score (nSPS) is 11.5. The zero-order valence-electron chi connectivity index (χ0n) is 15.2. The number of hydrogen-bond donors (Lipinski definition) is 1. The Labute approximate surface area is 158 Å². The third-order valence-electron chi connectivity index (χ3n) is 3.83. The first kappa shape index (κ1) is 19.8. The summed E-state index contributed by atoms with van der Waals surface area (Å²) in [5.41, 5.74) is 1.75. The highest BCUT2D eigenvalue weighted by Crippen LogP contribution is 2.21. The molecule has 1 amide bonds. The second-order valence-electron chi connectivity index (χ2n) is 5.74. The molecular weight excluding hydrogens is 350 g/mol. The Bertz CT molecular complexity index is 728. The Kier molecular flexibility index (Phi) is 7.53. The molecule has 0 heterocycles. The van der Waals surface area contributed by atoms with E-state index in [1.54, 1.807) is 31.0 Å². The van der Waals surface area contributed by atoms with Crippen LogP contribution in [0.3, 0.4) is 0 Å². The number of hydrogen-bond acceptors (Lipinski definition) is 5. The number of benzene rings is 2. The molecule has 0 saturated carbocycles. The predicted molar refractivity (Wildman–Crippen MR) is 102 cm³/mol. The molecule has 0 radical (unpaired) electrons. The second kappa shape index (κ2) is 9.87. The predicted octanol–water partition coefficient (Wildman–Crippen LogP) is 3.73. The van der Waals surface area contributed by atoms with Crippen LogP contribution in [0.4, 0.5) is 0 Å². The third kappa shape index (κ3) is 6.11. The van der Waals surface area contributed by atoms with Crippen LogP contribution < -0.4 is 10.1 Å². The average molecular weight is 373 g/mol. The van der Waals surface area contributed by atoms with Gasteiger partial charge in [-0.1, -0.05) is 24.3 Å². The number of nitrogens with one attached hydrogen (secondary N) is 1. The number of methoxy groups -OCH3 is 1. The van der Waals surface area contributed by atoms with Crippen LogP contribution in [0.15, 0.2) is 53.4 Å². The Morgan fingerprint density at radius 2 is 1.73 bits per heavy atom. The first-order chi connectivity index (χ1) is 12.5. The van der Waals surface area contributed by atoms with Crippen molar-refractivity contribution in [2.45, 2.75) is 30.9 Å². The van der Waals surface area contributed by atoms with Crippen molar-refractivity contribution in [3.05, 3.63) is 59.7 Å². The van der Waals surface area contributed by atoms with Gasteiger partial charge in [-0.15, -0.1) is 11.8 Å². The molecule has 0 aliphatic heterocycles. The van der Waals surface area contributed by atoms with Gasteiger partial charge in [0.2, 0.25) is 5.91 Å². The SMILES string of the molecule is COc1ccc(C(CC(=O)OCc2ccc(SC)cc2)NC(C)=O)cc1. The molecule has 6 heteroatoms. The third-order valence-corrected chi connectivity index (χ3v) is 4.57. The fourth-order valence-corrected chi connectivity index (χ4v) is 2.85. The summed E-state index contributed by atoms with van der Waals surface area (Å²) in [6.45, 7) is 1.64. The lowest BCUT2D eigenvalue weighted by molar-refractivity contribution is -0.145. The number of carbonyl (C=O) groups excluding carboxylic acids is 2. The fourth-order valence-electron chi connectivity index (χ4n) is 2.44. The van der Waals surface area contributed by atoms with Crippen molar-refractivity contribution in [1.29, 1.82) is 0 Å². The molecule has 1 atom stereocenters. The van der Waals surface area contributed by atoms with Crippen molar-refractivity contribution >= 4 is 23.6 Å². The summed E-state index contributed by atoms with van der Waals surface area (Å²) >= 11 is 1.66. The molecule has 138 valence electrons. The van der Waals surface area contributed by atoms with Gasteiger partial charge in [-0.25, -0.2) is 0 Å². The van der Waals surface area contributed by atoms with E-state index in [0.717, 1.165) is 16.0 Å². The topological polar surface area (TPSA) is 64.6 Å². The molecule has 0 bridgehead atoms. The highest BCUT2D eigenvalue weighted by atomic mass is 32.2. The number of ether oxygens (including phenoxy) is 2. The van der Waals surface area contributed by atoms with Crippen LogP contribution >= 0.6 is 11.8 Å². The summed E-state index contributed by atoms with van der Waals surface area (Å²) in [4.78, 5) is 24.9. The fraction of sp³-hybridized carbons (Fsp3) is 0.300. The molecule has 26 heavy (non-hydrogen) atoms. The largest absolute Gasteiger partial charge is 0.497 e. The van der Waals surface area contributed by atoms with Gasteiger partial charge < -0.3 is 14.8 Å². The van der Waals surface area contributed by atoms with Crippen molar-refractivity contribution in [3.63, 3.8) is 0 Å². The average Bonchev–Trinajstić information content (AvgIpc) is 2.66. The maximum Gasteiger partial charge on any atom is 0.308 e. The lowest BCUT2D eigenvalue weighted by Gasteiger charge is -2.18. The zero-order valence-corrected chi connectivity index (χ0v) is 16.0. The maximum absolute atomic E-state index is 12.2. The van der Waals surface area contributed by atoms with Crippen molar-refractivity contribution < 1.29 is 19.1 Å². The van der Waals surface area contributed by atoms with E-state index in [9.17, 15) is 9.59 Å². The Balaban J connectivity index is 1.97. The Hall–Kier alpha value is -2.47. The minimum Gasteiger partial charge on any atom is -0.497 e. The summed E-state index contributed by atoms with van der Waals surface area (Å²) in [6, 6.07) is 14.7. The van der Waals surface area contributed by atoms with E-state index in [1.807, 2.05) is 42.7 Å². The molecule has 1 N–H and O–H groups in total. The standard InChI is InChI=1S/C20H23NO4S/c1-14(22)21-19(16-6-8-17(24-2)9-7-16)12-20(23)25-13-15-4-10-18(26-3)11-5-15/h4-11,19H,12-13H2,1-3H3,(H,21,22). The lowest BCUT2D eigenvalue weighted by Crippen LogP contribution is -2.28. The van der Waals surface area contributed by atoms with Gasteiger partial charge in [0.25, 0.3) is 0 Å². The van der Waals surface area contributed by atoms with Gasteiger partial charge >= 0.3 is 5.97 Å².